The van der Waals surface area contributed by atoms with Crippen LogP contribution in [0.2, 0.25) is 0 Å². The lowest BCUT2D eigenvalue weighted by Crippen LogP contribution is -1.86. The van der Waals surface area contributed by atoms with Gasteiger partial charge in [0.1, 0.15) is 0 Å². The molecule has 7 rings (SSSR count). The van der Waals surface area contributed by atoms with Crippen LogP contribution < -0.4 is 0 Å². The molecule has 3 nitrogen and oxygen atoms in total. The van der Waals surface area contributed by atoms with Crippen molar-refractivity contribution >= 4 is 33.2 Å². The molecule has 0 atom stereocenters. The van der Waals surface area contributed by atoms with Gasteiger partial charge in [-0.3, -0.25) is 0 Å². The highest BCUT2D eigenvalue weighted by Crippen LogP contribution is 2.37. The van der Waals surface area contributed by atoms with Gasteiger partial charge in [0.2, 0.25) is 11.8 Å². The van der Waals surface area contributed by atoms with Crippen LogP contribution in [0.5, 0.6) is 0 Å². The van der Waals surface area contributed by atoms with Crippen LogP contribution in [0.3, 0.4) is 0 Å². The van der Waals surface area contributed by atoms with E-state index >= 15 is 0 Å². The summed E-state index contributed by atoms with van der Waals surface area (Å²) >= 11 is 0. The Labute approximate surface area is 197 Å². The lowest BCUT2D eigenvalue weighted by Gasteiger charge is -2.08. The number of aromatic nitrogens is 2. The molecule has 0 radical (unpaired) electrons. The van der Waals surface area contributed by atoms with Gasteiger partial charge in [-0.2, -0.15) is 0 Å². The van der Waals surface area contributed by atoms with Crippen LogP contribution in [0.4, 0.5) is 0 Å². The molecule has 160 valence electrons. The van der Waals surface area contributed by atoms with Crippen molar-refractivity contribution in [2.45, 2.75) is 6.42 Å². The molecule has 0 N–H and O–H groups in total. The van der Waals surface area contributed by atoms with Crippen molar-refractivity contribution in [3.63, 3.8) is 0 Å². The standard InChI is InChI=1S/C31H20N2O/c1-2-8-23-18-26(17-22(23)7-1)20-13-15-21(16-14-20)30-32-33-31(34-30)29-27-11-5-3-9-24(27)19-25-10-4-6-12-28(25)29/h1-17,19H,18H2. The Hall–Kier alpha value is -4.50. The minimum Gasteiger partial charge on any atom is -0.416 e. The lowest BCUT2D eigenvalue weighted by molar-refractivity contribution is 0.586. The van der Waals surface area contributed by atoms with E-state index in [-0.39, 0.29) is 0 Å². The molecule has 0 fully saturated rings. The van der Waals surface area contributed by atoms with E-state index in [1.165, 1.54) is 22.3 Å². The first-order chi connectivity index (χ1) is 16.8. The van der Waals surface area contributed by atoms with E-state index in [4.69, 9.17) is 4.42 Å². The monoisotopic (exact) mass is 436 g/mol. The second kappa shape index (κ2) is 7.53. The largest absolute Gasteiger partial charge is 0.416 e. The molecule has 6 aromatic rings. The Morgan fingerprint density at radius 1 is 0.588 bits per heavy atom. The van der Waals surface area contributed by atoms with Gasteiger partial charge in [0.15, 0.2) is 0 Å². The summed E-state index contributed by atoms with van der Waals surface area (Å²) in [5.41, 5.74) is 7.15. The topological polar surface area (TPSA) is 38.9 Å². The van der Waals surface area contributed by atoms with Crippen LogP contribution in [-0.2, 0) is 6.42 Å². The van der Waals surface area contributed by atoms with Crippen LogP contribution in [0.15, 0.2) is 108 Å². The summed E-state index contributed by atoms with van der Waals surface area (Å²) in [6.45, 7) is 0. The molecule has 0 saturated heterocycles. The Bertz CT molecular complexity index is 1670. The van der Waals surface area contributed by atoms with E-state index in [0.29, 0.717) is 11.8 Å². The van der Waals surface area contributed by atoms with Gasteiger partial charge in [-0.15, -0.1) is 10.2 Å². The number of fused-ring (bicyclic) bond motifs is 3. The lowest BCUT2D eigenvalue weighted by atomic mass is 9.97. The zero-order chi connectivity index (χ0) is 22.5. The van der Waals surface area contributed by atoms with Crippen molar-refractivity contribution in [2.24, 2.45) is 0 Å². The zero-order valence-corrected chi connectivity index (χ0v) is 18.4. The molecule has 1 aliphatic rings. The number of nitrogens with zero attached hydrogens (tertiary/aromatic N) is 2. The molecule has 0 spiro atoms. The van der Waals surface area contributed by atoms with Crippen LogP contribution in [-0.4, -0.2) is 10.2 Å². The molecule has 1 aliphatic carbocycles. The van der Waals surface area contributed by atoms with E-state index < -0.39 is 0 Å². The first-order valence-corrected chi connectivity index (χ1v) is 11.5. The third-order valence-corrected chi connectivity index (χ3v) is 6.68. The normalized spacial score (nSPS) is 12.8. The maximum atomic E-state index is 6.25. The first kappa shape index (κ1) is 19.0. The Kier molecular flexibility index (Phi) is 4.21. The number of benzene rings is 5. The summed E-state index contributed by atoms with van der Waals surface area (Å²) in [5, 5.41) is 13.4. The highest BCUT2D eigenvalue weighted by Gasteiger charge is 2.18. The summed E-state index contributed by atoms with van der Waals surface area (Å²) in [6.07, 6.45) is 3.25. The van der Waals surface area contributed by atoms with Crippen LogP contribution in [0.1, 0.15) is 16.7 Å². The summed E-state index contributed by atoms with van der Waals surface area (Å²) in [6, 6.07) is 35.9. The molecule has 0 amide bonds. The molecule has 5 aromatic carbocycles. The van der Waals surface area contributed by atoms with Crippen molar-refractivity contribution in [3.05, 3.63) is 120 Å². The van der Waals surface area contributed by atoms with Gasteiger partial charge < -0.3 is 4.42 Å². The van der Waals surface area contributed by atoms with Crippen LogP contribution in [0, 0.1) is 0 Å². The molecule has 0 bridgehead atoms. The Balaban J connectivity index is 1.27. The zero-order valence-electron chi connectivity index (χ0n) is 18.4. The fraction of sp³-hybridized carbons (Fsp3) is 0.0323. The summed E-state index contributed by atoms with van der Waals surface area (Å²) in [5.74, 6) is 1.07. The fourth-order valence-electron chi connectivity index (χ4n) is 4.98. The molecule has 1 aromatic heterocycles. The average Bonchev–Trinajstić information content (AvgIpc) is 3.55. The van der Waals surface area contributed by atoms with Gasteiger partial charge in [0.05, 0.1) is 5.56 Å². The van der Waals surface area contributed by atoms with E-state index in [0.717, 1.165) is 39.1 Å². The van der Waals surface area contributed by atoms with Gasteiger partial charge in [-0.25, -0.2) is 0 Å². The molecule has 0 saturated carbocycles. The van der Waals surface area contributed by atoms with Gasteiger partial charge in [-0.05, 0) is 68.4 Å². The molecule has 3 heteroatoms. The molecular formula is C31H20N2O. The van der Waals surface area contributed by atoms with E-state index in [9.17, 15) is 0 Å². The highest BCUT2D eigenvalue weighted by molar-refractivity contribution is 6.11. The number of hydrogen-bond donors (Lipinski definition) is 0. The summed E-state index contributed by atoms with van der Waals surface area (Å²) in [7, 11) is 0. The maximum absolute atomic E-state index is 6.25. The number of hydrogen-bond acceptors (Lipinski definition) is 3. The van der Waals surface area contributed by atoms with Crippen molar-refractivity contribution in [2.75, 3.05) is 0 Å². The molecule has 1 heterocycles. The van der Waals surface area contributed by atoms with Crippen LogP contribution in [0.25, 0.3) is 56.1 Å². The Morgan fingerprint density at radius 3 is 1.94 bits per heavy atom. The van der Waals surface area contributed by atoms with Crippen molar-refractivity contribution < 1.29 is 4.42 Å². The minimum absolute atomic E-state index is 0.530. The van der Waals surface area contributed by atoms with Gasteiger partial charge >= 0.3 is 0 Å². The van der Waals surface area contributed by atoms with Gasteiger partial charge in [0.25, 0.3) is 0 Å². The molecular weight excluding hydrogens is 416 g/mol. The third-order valence-electron chi connectivity index (χ3n) is 6.68. The molecule has 0 aliphatic heterocycles. The van der Waals surface area contributed by atoms with Crippen molar-refractivity contribution in [1.29, 1.82) is 0 Å². The van der Waals surface area contributed by atoms with E-state index in [1.807, 2.05) is 12.1 Å². The SMILES string of the molecule is C1=C(c2ccc(-c3nnc(-c4c5ccccc5cc5ccccc45)o3)cc2)Cc2ccccc21. The average molecular weight is 437 g/mol. The predicted octanol–water partition coefficient (Wildman–Crippen LogP) is 7.81. The van der Waals surface area contributed by atoms with E-state index in [2.05, 4.69) is 107 Å². The summed E-state index contributed by atoms with van der Waals surface area (Å²) in [4.78, 5) is 0. The van der Waals surface area contributed by atoms with Crippen molar-refractivity contribution in [1.82, 2.24) is 10.2 Å². The quantitative estimate of drug-likeness (QED) is 0.266. The summed E-state index contributed by atoms with van der Waals surface area (Å²) < 4.78 is 6.25. The Morgan fingerprint density at radius 2 is 1.21 bits per heavy atom. The molecule has 0 unspecified atom stereocenters. The third kappa shape index (κ3) is 3.06. The van der Waals surface area contributed by atoms with Crippen molar-refractivity contribution in [3.8, 4) is 22.9 Å². The second-order valence-corrected chi connectivity index (χ2v) is 8.73. The smallest absolute Gasteiger partial charge is 0.249 e. The van der Waals surface area contributed by atoms with Crippen LogP contribution >= 0.6 is 0 Å². The number of rotatable bonds is 3. The highest BCUT2D eigenvalue weighted by atomic mass is 16.4. The first-order valence-electron chi connectivity index (χ1n) is 11.5. The molecule has 34 heavy (non-hydrogen) atoms. The number of allylic oxidation sites excluding steroid dienone is 1. The van der Waals surface area contributed by atoms with Gasteiger partial charge in [-0.1, -0.05) is 91.0 Å². The second-order valence-electron chi connectivity index (χ2n) is 8.73. The predicted molar refractivity (Wildman–Crippen MR) is 138 cm³/mol. The van der Waals surface area contributed by atoms with E-state index in [1.54, 1.807) is 0 Å². The maximum Gasteiger partial charge on any atom is 0.249 e. The fourth-order valence-corrected chi connectivity index (χ4v) is 4.98. The van der Waals surface area contributed by atoms with Gasteiger partial charge in [0, 0.05) is 5.56 Å². The minimum atomic E-state index is 0.530.